The van der Waals surface area contributed by atoms with Gasteiger partial charge in [-0.1, -0.05) is 39.3 Å². The van der Waals surface area contributed by atoms with Crippen molar-refractivity contribution >= 4 is 28.1 Å². The van der Waals surface area contributed by atoms with Crippen LogP contribution in [0.2, 0.25) is 43.9 Å². The molecular weight excluding hydrogens is 240 g/mol. The van der Waals surface area contributed by atoms with Crippen molar-refractivity contribution in [2.75, 3.05) is 0 Å². The van der Waals surface area contributed by atoms with Crippen LogP contribution in [0.25, 0.3) is 0 Å². The van der Waals surface area contributed by atoms with E-state index in [1.54, 1.807) is 0 Å². The van der Waals surface area contributed by atoms with E-state index in [-0.39, 0.29) is 6.42 Å². The molecule has 0 saturated heterocycles. The lowest BCUT2D eigenvalue weighted by Gasteiger charge is -2.47. The molecule has 0 heterocycles. The van der Waals surface area contributed by atoms with E-state index in [1.807, 2.05) is 39.3 Å². The fraction of sp³-hybridized carbons (Fsp3) is 0.800. The molecule has 0 amide bonds. The van der Waals surface area contributed by atoms with Crippen molar-refractivity contribution < 1.29 is 19.8 Å². The van der Waals surface area contributed by atoms with E-state index in [0.29, 0.717) is 0 Å². The summed E-state index contributed by atoms with van der Waals surface area (Å²) in [6.07, 6.45) is -0.242. The summed E-state index contributed by atoms with van der Waals surface area (Å²) in [5.74, 6) is -1.93. The Morgan fingerprint density at radius 2 is 1.25 bits per heavy atom. The zero-order chi connectivity index (χ0) is 13.4. The molecule has 6 heteroatoms. The Balaban J connectivity index is 5.81. The van der Waals surface area contributed by atoms with Crippen LogP contribution in [-0.2, 0) is 9.59 Å². The number of hydrogen-bond acceptors (Lipinski definition) is 2. The molecule has 0 aromatic carbocycles. The van der Waals surface area contributed by atoms with Crippen molar-refractivity contribution in [2.45, 2.75) is 50.4 Å². The summed E-state index contributed by atoms with van der Waals surface area (Å²) in [6, 6.07) is 0. The molecule has 94 valence electrons. The van der Waals surface area contributed by atoms with Crippen LogP contribution >= 0.6 is 0 Å². The van der Waals surface area contributed by atoms with Crippen LogP contribution in [0, 0.1) is 0 Å². The molecular formula is C10H22O4Si2. The molecule has 4 nitrogen and oxygen atoms in total. The van der Waals surface area contributed by atoms with Gasteiger partial charge in [0.25, 0.3) is 0 Å². The molecule has 0 bridgehead atoms. The molecule has 0 aliphatic heterocycles. The van der Waals surface area contributed by atoms with E-state index in [2.05, 4.69) is 0 Å². The second-order valence-corrected chi connectivity index (χ2v) is 17.5. The van der Waals surface area contributed by atoms with Gasteiger partial charge in [-0.05, 0) is 0 Å². The van der Waals surface area contributed by atoms with Crippen LogP contribution < -0.4 is 0 Å². The number of aliphatic carboxylic acids is 2. The first kappa shape index (κ1) is 15.4. The summed E-state index contributed by atoms with van der Waals surface area (Å²) in [7, 11) is -4.23. The van der Waals surface area contributed by atoms with Gasteiger partial charge in [0.05, 0.1) is 27.2 Å². The first-order valence-electron chi connectivity index (χ1n) is 5.31. The van der Waals surface area contributed by atoms with E-state index in [1.165, 1.54) is 0 Å². The average molecular weight is 262 g/mol. The minimum Gasteiger partial charge on any atom is -0.481 e. The Morgan fingerprint density at radius 1 is 0.938 bits per heavy atom. The predicted octanol–water partition coefficient (Wildman–Crippen LogP) is 2.50. The van der Waals surface area contributed by atoms with E-state index in [0.717, 1.165) is 0 Å². The van der Waals surface area contributed by atoms with Crippen molar-refractivity contribution in [3.05, 3.63) is 0 Å². The molecule has 0 spiro atoms. The Morgan fingerprint density at radius 3 is 1.31 bits per heavy atom. The molecule has 0 aliphatic carbocycles. The van der Waals surface area contributed by atoms with E-state index < -0.39 is 32.7 Å². The third kappa shape index (κ3) is 2.54. The highest BCUT2D eigenvalue weighted by molar-refractivity contribution is 7.02. The number of carbonyl (C=O) groups is 2. The topological polar surface area (TPSA) is 74.6 Å². The maximum atomic E-state index is 11.7. The quantitative estimate of drug-likeness (QED) is 0.747. The number of carboxylic acid groups (broad SMARTS) is 2. The van der Waals surface area contributed by atoms with E-state index in [9.17, 15) is 14.7 Å². The second-order valence-electron chi connectivity index (χ2n) is 6.28. The predicted molar refractivity (Wildman–Crippen MR) is 69.3 cm³/mol. The summed E-state index contributed by atoms with van der Waals surface area (Å²) >= 11 is 0. The highest BCUT2D eigenvalue weighted by Crippen LogP contribution is 2.49. The van der Waals surface area contributed by atoms with Crippen molar-refractivity contribution in [3.63, 3.8) is 0 Å². The van der Waals surface area contributed by atoms with Crippen LogP contribution in [0.3, 0.4) is 0 Å². The molecule has 0 fully saturated rings. The number of carboxylic acids is 2. The molecule has 0 saturated carbocycles. The van der Waals surface area contributed by atoms with Gasteiger partial charge < -0.3 is 10.2 Å². The number of hydrogen-bond donors (Lipinski definition) is 2. The maximum Gasteiger partial charge on any atom is 0.304 e. The average Bonchev–Trinajstić information content (AvgIpc) is 1.93. The SMILES string of the molecule is C[Si](C)(C)C(CC(=O)O)(C(=O)O)[Si](C)(C)C. The lowest BCUT2D eigenvalue weighted by molar-refractivity contribution is -0.145. The van der Waals surface area contributed by atoms with Crippen molar-refractivity contribution in [1.82, 2.24) is 0 Å². The van der Waals surface area contributed by atoms with Crippen LogP contribution in [0.15, 0.2) is 0 Å². The fourth-order valence-electron chi connectivity index (χ4n) is 2.60. The minimum atomic E-state index is -2.12. The van der Waals surface area contributed by atoms with Gasteiger partial charge in [0.1, 0.15) is 0 Å². The Kier molecular flexibility index (Phi) is 4.16. The molecule has 0 aromatic rings. The smallest absolute Gasteiger partial charge is 0.304 e. The Labute approximate surface area is 98.7 Å². The molecule has 0 aliphatic rings. The van der Waals surface area contributed by atoms with Crippen LogP contribution in [0.1, 0.15) is 6.42 Å². The van der Waals surface area contributed by atoms with Gasteiger partial charge in [-0.2, -0.15) is 0 Å². The van der Waals surface area contributed by atoms with Crippen LogP contribution in [-0.4, -0.2) is 38.3 Å². The Bertz CT molecular complexity index is 285. The molecule has 2 N–H and O–H groups in total. The monoisotopic (exact) mass is 262 g/mol. The standard InChI is InChI=1S/C10H22O4Si2/c1-15(2,3)10(9(13)14,7-8(11)12)16(4,5)6/h7H2,1-6H3,(H,11,12)(H,13,14). The summed E-state index contributed by atoms with van der Waals surface area (Å²) in [6.45, 7) is 11.7. The van der Waals surface area contributed by atoms with Gasteiger partial charge in [0.15, 0.2) is 0 Å². The Hall–Kier alpha value is -0.626. The van der Waals surface area contributed by atoms with Crippen LogP contribution in [0.4, 0.5) is 0 Å². The highest BCUT2D eigenvalue weighted by Gasteiger charge is 2.59. The van der Waals surface area contributed by atoms with Gasteiger partial charge in [-0.25, -0.2) is 0 Å². The first-order chi connectivity index (χ1) is 6.86. The van der Waals surface area contributed by atoms with Crippen molar-refractivity contribution in [1.29, 1.82) is 0 Å². The van der Waals surface area contributed by atoms with Gasteiger partial charge >= 0.3 is 11.9 Å². The molecule has 0 unspecified atom stereocenters. The van der Waals surface area contributed by atoms with E-state index >= 15 is 0 Å². The summed E-state index contributed by atoms with van der Waals surface area (Å²) in [4.78, 5) is 22.7. The van der Waals surface area contributed by atoms with Crippen LogP contribution in [0.5, 0.6) is 0 Å². The number of rotatable bonds is 5. The molecule has 0 atom stereocenters. The van der Waals surface area contributed by atoms with Crippen molar-refractivity contribution in [3.8, 4) is 0 Å². The molecule has 0 aromatic heterocycles. The summed E-state index contributed by atoms with van der Waals surface area (Å²) < 4.78 is -1.01. The van der Waals surface area contributed by atoms with Crippen molar-refractivity contribution in [2.24, 2.45) is 0 Å². The zero-order valence-electron chi connectivity index (χ0n) is 10.9. The maximum absolute atomic E-state index is 11.7. The minimum absolute atomic E-state index is 0.242. The molecule has 16 heavy (non-hydrogen) atoms. The van der Waals surface area contributed by atoms with E-state index in [4.69, 9.17) is 5.11 Å². The molecule has 0 rings (SSSR count). The van der Waals surface area contributed by atoms with Gasteiger partial charge in [0, 0.05) is 0 Å². The van der Waals surface area contributed by atoms with Gasteiger partial charge in [0.2, 0.25) is 0 Å². The third-order valence-corrected chi connectivity index (χ3v) is 13.7. The van der Waals surface area contributed by atoms with Gasteiger partial charge in [-0.15, -0.1) is 0 Å². The lowest BCUT2D eigenvalue weighted by Crippen LogP contribution is -2.59. The lowest BCUT2D eigenvalue weighted by atomic mass is 10.3. The zero-order valence-corrected chi connectivity index (χ0v) is 12.9. The molecule has 0 radical (unpaired) electrons. The highest BCUT2D eigenvalue weighted by atomic mass is 28.4. The first-order valence-corrected chi connectivity index (χ1v) is 12.3. The summed E-state index contributed by atoms with van der Waals surface area (Å²) in [5, 5.41) is 18.6. The fourth-order valence-corrected chi connectivity index (χ4v) is 14.2. The van der Waals surface area contributed by atoms with Gasteiger partial charge in [-0.3, -0.25) is 9.59 Å². The normalized spacial score (nSPS) is 13.6. The second kappa shape index (κ2) is 4.33. The largest absolute Gasteiger partial charge is 0.481 e. The summed E-state index contributed by atoms with van der Waals surface area (Å²) in [5.41, 5.74) is 0. The third-order valence-electron chi connectivity index (χ3n) is 3.34.